The van der Waals surface area contributed by atoms with Crippen LogP contribution < -0.4 is 5.32 Å². The van der Waals surface area contributed by atoms with Crippen LogP contribution in [0, 0.1) is 11.6 Å². The zero-order chi connectivity index (χ0) is 15.6. The second-order valence-electron chi connectivity index (χ2n) is 3.93. The molecule has 1 aromatic carbocycles. The van der Waals surface area contributed by atoms with E-state index in [9.17, 15) is 18.4 Å². The summed E-state index contributed by atoms with van der Waals surface area (Å²) in [6, 6.07) is 4.06. The fraction of sp³-hybridized carbons (Fsp3) is 0. The molecule has 0 bridgehead atoms. The standard InChI is InChI=1S/C13H7BrF2N2O3/c14-6-1-2-11(17-5-6)18-12(19)7-3-9(15)10(16)4-8(7)13(20)21/h1-5H,(H,20,21)(H,17,18,19). The summed E-state index contributed by atoms with van der Waals surface area (Å²) in [6.45, 7) is 0. The third kappa shape index (κ3) is 3.40. The Hall–Kier alpha value is -2.35. The van der Waals surface area contributed by atoms with E-state index >= 15 is 0 Å². The third-order valence-electron chi connectivity index (χ3n) is 2.50. The Morgan fingerprint density at radius 1 is 1.14 bits per heavy atom. The van der Waals surface area contributed by atoms with Gasteiger partial charge in [0.05, 0.1) is 11.1 Å². The van der Waals surface area contributed by atoms with Crippen LogP contribution in [0.25, 0.3) is 0 Å². The van der Waals surface area contributed by atoms with E-state index in [2.05, 4.69) is 26.2 Å². The number of carbonyl (C=O) groups excluding carboxylic acids is 1. The van der Waals surface area contributed by atoms with Crippen molar-refractivity contribution >= 4 is 33.6 Å². The Kier molecular flexibility index (Phi) is 4.27. The summed E-state index contributed by atoms with van der Waals surface area (Å²) in [5, 5.41) is 11.2. The van der Waals surface area contributed by atoms with Gasteiger partial charge in [-0.1, -0.05) is 0 Å². The average molecular weight is 357 g/mol. The monoisotopic (exact) mass is 356 g/mol. The van der Waals surface area contributed by atoms with E-state index in [1.807, 2.05) is 0 Å². The molecule has 1 amide bonds. The molecule has 0 saturated heterocycles. The van der Waals surface area contributed by atoms with Gasteiger partial charge in [-0.3, -0.25) is 4.79 Å². The topological polar surface area (TPSA) is 79.3 Å². The highest BCUT2D eigenvalue weighted by Gasteiger charge is 2.20. The van der Waals surface area contributed by atoms with Crippen LogP contribution >= 0.6 is 15.9 Å². The smallest absolute Gasteiger partial charge is 0.336 e. The second-order valence-corrected chi connectivity index (χ2v) is 4.85. The van der Waals surface area contributed by atoms with Crippen molar-refractivity contribution in [2.45, 2.75) is 0 Å². The fourth-order valence-corrected chi connectivity index (χ4v) is 1.78. The third-order valence-corrected chi connectivity index (χ3v) is 2.97. The summed E-state index contributed by atoms with van der Waals surface area (Å²) in [5.41, 5.74) is -1.13. The summed E-state index contributed by atoms with van der Waals surface area (Å²) in [7, 11) is 0. The maximum atomic E-state index is 13.2. The molecule has 108 valence electrons. The van der Waals surface area contributed by atoms with Gasteiger partial charge in [-0.2, -0.15) is 0 Å². The first-order valence-corrected chi connectivity index (χ1v) is 6.33. The number of carboxylic acid groups (broad SMARTS) is 1. The molecule has 2 N–H and O–H groups in total. The number of hydrogen-bond acceptors (Lipinski definition) is 3. The molecule has 0 aliphatic heterocycles. The number of carboxylic acids is 1. The van der Waals surface area contributed by atoms with Crippen LogP contribution in [0.1, 0.15) is 20.7 Å². The van der Waals surface area contributed by atoms with E-state index in [-0.39, 0.29) is 5.82 Å². The number of carbonyl (C=O) groups is 2. The van der Waals surface area contributed by atoms with Gasteiger partial charge in [0, 0.05) is 10.7 Å². The Labute approximate surface area is 125 Å². The van der Waals surface area contributed by atoms with Crippen molar-refractivity contribution in [1.82, 2.24) is 4.98 Å². The van der Waals surface area contributed by atoms with Gasteiger partial charge < -0.3 is 10.4 Å². The number of aromatic carboxylic acids is 1. The van der Waals surface area contributed by atoms with Crippen LogP contribution in [0.15, 0.2) is 34.9 Å². The highest BCUT2D eigenvalue weighted by molar-refractivity contribution is 9.10. The van der Waals surface area contributed by atoms with Crippen molar-refractivity contribution in [3.05, 3.63) is 57.7 Å². The molecule has 8 heteroatoms. The lowest BCUT2D eigenvalue weighted by atomic mass is 10.1. The summed E-state index contributed by atoms with van der Waals surface area (Å²) in [6.07, 6.45) is 1.42. The van der Waals surface area contributed by atoms with Crippen molar-refractivity contribution in [2.75, 3.05) is 5.32 Å². The summed E-state index contributed by atoms with van der Waals surface area (Å²) in [4.78, 5) is 26.8. The second kappa shape index (κ2) is 5.96. The van der Waals surface area contributed by atoms with E-state index < -0.39 is 34.6 Å². The van der Waals surface area contributed by atoms with Gasteiger partial charge in [-0.15, -0.1) is 0 Å². The molecule has 0 aliphatic carbocycles. The van der Waals surface area contributed by atoms with Crippen LogP contribution in [0.3, 0.4) is 0 Å². The molecule has 2 aromatic rings. The molecular weight excluding hydrogens is 350 g/mol. The van der Waals surface area contributed by atoms with Crippen molar-refractivity contribution in [3.8, 4) is 0 Å². The molecule has 1 aromatic heterocycles. The Balaban J connectivity index is 2.36. The van der Waals surface area contributed by atoms with Gasteiger partial charge in [-0.25, -0.2) is 18.6 Å². The largest absolute Gasteiger partial charge is 0.478 e. The zero-order valence-corrected chi connectivity index (χ0v) is 11.8. The number of amides is 1. The number of rotatable bonds is 3. The predicted molar refractivity (Wildman–Crippen MR) is 73.2 cm³/mol. The number of halogens is 3. The molecule has 1 heterocycles. The number of benzene rings is 1. The molecule has 0 unspecified atom stereocenters. The molecule has 21 heavy (non-hydrogen) atoms. The minimum Gasteiger partial charge on any atom is -0.478 e. The summed E-state index contributed by atoms with van der Waals surface area (Å²) < 4.78 is 27.0. The first kappa shape index (κ1) is 15.0. The summed E-state index contributed by atoms with van der Waals surface area (Å²) >= 11 is 3.16. The van der Waals surface area contributed by atoms with Gasteiger partial charge in [-0.05, 0) is 40.2 Å². The number of anilines is 1. The SMILES string of the molecule is O=C(O)c1cc(F)c(F)cc1C(=O)Nc1ccc(Br)cn1. The van der Waals surface area contributed by atoms with Crippen molar-refractivity contribution in [3.63, 3.8) is 0 Å². The zero-order valence-electron chi connectivity index (χ0n) is 10.2. The van der Waals surface area contributed by atoms with Crippen LogP contribution in [-0.2, 0) is 0 Å². The van der Waals surface area contributed by atoms with Gasteiger partial charge >= 0.3 is 5.97 Å². The Morgan fingerprint density at radius 2 is 1.76 bits per heavy atom. The number of nitrogens with one attached hydrogen (secondary N) is 1. The highest BCUT2D eigenvalue weighted by atomic mass is 79.9. The lowest BCUT2D eigenvalue weighted by Gasteiger charge is -2.08. The van der Waals surface area contributed by atoms with E-state index in [0.29, 0.717) is 16.6 Å². The first-order chi connectivity index (χ1) is 9.88. The molecule has 0 spiro atoms. The normalized spacial score (nSPS) is 10.2. The van der Waals surface area contributed by atoms with E-state index in [1.165, 1.54) is 12.3 Å². The number of hydrogen-bond donors (Lipinski definition) is 2. The molecule has 0 saturated carbocycles. The summed E-state index contributed by atoms with van der Waals surface area (Å²) in [5.74, 6) is -4.95. The maximum absolute atomic E-state index is 13.2. The van der Waals surface area contributed by atoms with Crippen molar-refractivity contribution < 1.29 is 23.5 Å². The Morgan fingerprint density at radius 3 is 2.29 bits per heavy atom. The van der Waals surface area contributed by atoms with Gasteiger partial charge in [0.2, 0.25) is 0 Å². The molecule has 2 rings (SSSR count). The van der Waals surface area contributed by atoms with Crippen LogP contribution in [-0.4, -0.2) is 22.0 Å². The maximum Gasteiger partial charge on any atom is 0.336 e. The molecular formula is C13H7BrF2N2O3. The van der Waals surface area contributed by atoms with Gasteiger partial charge in [0.25, 0.3) is 5.91 Å². The molecule has 0 radical (unpaired) electrons. The van der Waals surface area contributed by atoms with E-state index in [0.717, 1.165) is 0 Å². The number of pyridine rings is 1. The quantitative estimate of drug-likeness (QED) is 0.885. The van der Waals surface area contributed by atoms with Crippen LogP contribution in [0.5, 0.6) is 0 Å². The van der Waals surface area contributed by atoms with E-state index in [1.54, 1.807) is 6.07 Å². The van der Waals surface area contributed by atoms with Crippen molar-refractivity contribution in [1.29, 1.82) is 0 Å². The Bertz CT molecular complexity index is 720. The first-order valence-electron chi connectivity index (χ1n) is 5.53. The molecule has 5 nitrogen and oxygen atoms in total. The lowest BCUT2D eigenvalue weighted by Crippen LogP contribution is -2.18. The predicted octanol–water partition coefficient (Wildman–Crippen LogP) is 3.07. The number of nitrogens with zero attached hydrogens (tertiary/aromatic N) is 1. The van der Waals surface area contributed by atoms with Gasteiger partial charge in [0.1, 0.15) is 5.82 Å². The van der Waals surface area contributed by atoms with Gasteiger partial charge in [0.15, 0.2) is 11.6 Å². The lowest BCUT2D eigenvalue weighted by molar-refractivity contribution is 0.0691. The van der Waals surface area contributed by atoms with Crippen LogP contribution in [0.4, 0.5) is 14.6 Å². The minimum atomic E-state index is -1.54. The minimum absolute atomic E-state index is 0.143. The van der Waals surface area contributed by atoms with Crippen LogP contribution in [0.2, 0.25) is 0 Å². The molecule has 0 fully saturated rings. The molecule has 0 atom stereocenters. The average Bonchev–Trinajstić information content (AvgIpc) is 2.43. The highest BCUT2D eigenvalue weighted by Crippen LogP contribution is 2.17. The molecule has 0 aliphatic rings. The fourth-order valence-electron chi connectivity index (χ4n) is 1.55. The van der Waals surface area contributed by atoms with E-state index in [4.69, 9.17) is 5.11 Å². The van der Waals surface area contributed by atoms with Crippen molar-refractivity contribution in [2.24, 2.45) is 0 Å². The number of aromatic nitrogens is 1.